The lowest BCUT2D eigenvalue weighted by Gasteiger charge is -2.08. The SMILES string of the molecule is Cc1ccccc1.c1ccc(-c2ccc3c(c2)c2cc(-c4ccc5oc6c(ccc7c8ccccc8oc76)c5c4)ccc2n3-c2ccccc2)cc1. The third-order valence-electron chi connectivity index (χ3n) is 10.1. The first-order valence-electron chi connectivity index (χ1n) is 17.7. The maximum Gasteiger partial charge on any atom is 0.178 e. The van der Waals surface area contributed by atoms with Gasteiger partial charge in [-0.25, -0.2) is 0 Å². The Morgan fingerprint density at radius 1 is 0.346 bits per heavy atom. The lowest BCUT2D eigenvalue weighted by molar-refractivity contribution is 0.633. The van der Waals surface area contributed by atoms with E-state index in [9.17, 15) is 0 Å². The van der Waals surface area contributed by atoms with Crippen LogP contribution in [0.1, 0.15) is 5.56 Å². The van der Waals surface area contributed by atoms with Gasteiger partial charge in [-0.15, -0.1) is 0 Å². The van der Waals surface area contributed by atoms with Gasteiger partial charge in [0.2, 0.25) is 0 Å². The number of aromatic nitrogens is 1. The molecular formula is C49H33NO2. The van der Waals surface area contributed by atoms with Crippen LogP contribution >= 0.6 is 0 Å². The molecule has 3 aromatic heterocycles. The number of para-hydroxylation sites is 2. The van der Waals surface area contributed by atoms with Crippen molar-refractivity contribution in [1.29, 1.82) is 0 Å². The van der Waals surface area contributed by atoms with E-state index in [1.54, 1.807) is 0 Å². The van der Waals surface area contributed by atoms with Gasteiger partial charge in [-0.2, -0.15) is 0 Å². The van der Waals surface area contributed by atoms with Crippen molar-refractivity contribution in [2.75, 3.05) is 0 Å². The van der Waals surface area contributed by atoms with Crippen LogP contribution in [0.4, 0.5) is 0 Å². The van der Waals surface area contributed by atoms with Crippen molar-refractivity contribution in [2.45, 2.75) is 6.92 Å². The van der Waals surface area contributed by atoms with Gasteiger partial charge in [-0.3, -0.25) is 0 Å². The molecule has 0 saturated carbocycles. The minimum absolute atomic E-state index is 0.797. The molecule has 0 saturated heterocycles. The fraction of sp³-hybridized carbons (Fsp3) is 0.0204. The maximum atomic E-state index is 6.42. The highest BCUT2D eigenvalue weighted by molar-refractivity contribution is 6.19. The summed E-state index contributed by atoms with van der Waals surface area (Å²) in [6.45, 7) is 2.08. The quantitative estimate of drug-likeness (QED) is 0.188. The average Bonchev–Trinajstić information content (AvgIpc) is 3.88. The molecule has 0 amide bonds. The van der Waals surface area contributed by atoms with Crippen LogP contribution in [-0.2, 0) is 0 Å². The summed E-state index contributed by atoms with van der Waals surface area (Å²) < 4.78 is 15.1. The molecule has 246 valence electrons. The fourth-order valence-corrected chi connectivity index (χ4v) is 7.60. The standard InChI is InChI=1S/C42H25NO2.C7H8/c1-3-9-26(10-4-1)27-15-20-37-34(23-27)35-24-28(16-21-38(35)43(37)30-11-5-2-6-12-30)29-17-22-40-36(25-29)33-19-18-32-31-13-7-8-14-39(31)44-41(32)42(33)45-40;1-7-5-3-2-4-6-7/h1-25H;2-6H,1H3. The largest absolute Gasteiger partial charge is 0.452 e. The Labute approximate surface area is 300 Å². The predicted molar refractivity (Wildman–Crippen MR) is 217 cm³/mol. The van der Waals surface area contributed by atoms with Gasteiger partial charge >= 0.3 is 0 Å². The van der Waals surface area contributed by atoms with Gasteiger partial charge in [0, 0.05) is 38.0 Å². The Kier molecular flexibility index (Phi) is 7.04. The summed E-state index contributed by atoms with van der Waals surface area (Å²) in [5, 5.41) is 6.79. The van der Waals surface area contributed by atoms with E-state index in [0.717, 1.165) is 55.1 Å². The minimum atomic E-state index is 0.797. The fourth-order valence-electron chi connectivity index (χ4n) is 7.60. The molecule has 0 N–H and O–H groups in total. The van der Waals surface area contributed by atoms with Crippen LogP contribution in [0.3, 0.4) is 0 Å². The lowest BCUT2D eigenvalue weighted by atomic mass is 9.99. The molecule has 0 aliphatic rings. The Morgan fingerprint density at radius 2 is 0.827 bits per heavy atom. The molecule has 3 nitrogen and oxygen atoms in total. The van der Waals surface area contributed by atoms with Gasteiger partial charge < -0.3 is 13.4 Å². The van der Waals surface area contributed by atoms with Crippen LogP contribution in [-0.4, -0.2) is 4.57 Å². The van der Waals surface area contributed by atoms with E-state index in [-0.39, 0.29) is 0 Å². The average molecular weight is 668 g/mol. The van der Waals surface area contributed by atoms with Gasteiger partial charge in [-0.1, -0.05) is 121 Å². The highest BCUT2D eigenvalue weighted by Crippen LogP contribution is 2.41. The Bertz CT molecular complexity index is 3060. The number of hydrogen-bond acceptors (Lipinski definition) is 2. The van der Waals surface area contributed by atoms with Crippen molar-refractivity contribution >= 4 is 65.7 Å². The predicted octanol–water partition coefficient (Wildman–Crippen LogP) is 13.9. The van der Waals surface area contributed by atoms with Crippen molar-refractivity contribution in [3.05, 3.63) is 188 Å². The molecule has 3 heterocycles. The number of rotatable bonds is 3. The molecular weight excluding hydrogens is 635 g/mol. The normalized spacial score (nSPS) is 11.6. The van der Waals surface area contributed by atoms with Crippen LogP contribution in [0.15, 0.2) is 191 Å². The van der Waals surface area contributed by atoms with E-state index in [1.807, 2.05) is 36.4 Å². The second-order valence-corrected chi connectivity index (χ2v) is 13.4. The number of nitrogens with zero attached hydrogens (tertiary/aromatic N) is 1. The molecule has 0 atom stereocenters. The second kappa shape index (κ2) is 12.2. The van der Waals surface area contributed by atoms with E-state index in [0.29, 0.717) is 0 Å². The smallest absolute Gasteiger partial charge is 0.178 e. The molecule has 8 aromatic carbocycles. The van der Waals surface area contributed by atoms with Crippen LogP contribution in [0.5, 0.6) is 0 Å². The first-order valence-corrected chi connectivity index (χ1v) is 17.7. The van der Waals surface area contributed by atoms with E-state index in [4.69, 9.17) is 8.83 Å². The van der Waals surface area contributed by atoms with Crippen molar-refractivity contribution < 1.29 is 8.83 Å². The number of fused-ring (bicyclic) bond motifs is 10. The molecule has 0 spiro atoms. The van der Waals surface area contributed by atoms with Gasteiger partial charge in [0.15, 0.2) is 11.2 Å². The van der Waals surface area contributed by atoms with Crippen molar-refractivity contribution in [1.82, 2.24) is 4.57 Å². The molecule has 11 rings (SSSR count). The summed E-state index contributed by atoms with van der Waals surface area (Å²) in [5.74, 6) is 0. The zero-order valence-electron chi connectivity index (χ0n) is 28.6. The molecule has 0 unspecified atom stereocenters. The number of furan rings is 2. The number of benzene rings is 8. The van der Waals surface area contributed by atoms with E-state index in [2.05, 4.69) is 157 Å². The number of hydrogen-bond donors (Lipinski definition) is 0. The summed E-state index contributed by atoms with van der Waals surface area (Å²) >= 11 is 0. The van der Waals surface area contributed by atoms with Crippen LogP contribution in [0.25, 0.3) is 93.6 Å². The Balaban J connectivity index is 0.000000436. The third kappa shape index (κ3) is 4.98. The molecule has 52 heavy (non-hydrogen) atoms. The second-order valence-electron chi connectivity index (χ2n) is 13.4. The summed E-state index contributed by atoms with van der Waals surface area (Å²) in [4.78, 5) is 0. The number of aryl methyl sites for hydroxylation is 1. The van der Waals surface area contributed by atoms with Crippen molar-refractivity contribution in [3.63, 3.8) is 0 Å². The molecule has 11 aromatic rings. The van der Waals surface area contributed by atoms with Gasteiger partial charge in [0.1, 0.15) is 11.2 Å². The topological polar surface area (TPSA) is 31.2 Å². The molecule has 0 bridgehead atoms. The molecule has 0 aliphatic carbocycles. The van der Waals surface area contributed by atoms with Crippen LogP contribution in [0, 0.1) is 6.92 Å². The van der Waals surface area contributed by atoms with Crippen LogP contribution in [0.2, 0.25) is 0 Å². The highest BCUT2D eigenvalue weighted by atomic mass is 16.4. The van der Waals surface area contributed by atoms with Crippen LogP contribution < -0.4 is 0 Å². The Morgan fingerprint density at radius 3 is 1.44 bits per heavy atom. The van der Waals surface area contributed by atoms with Gasteiger partial charge in [-0.05, 0) is 95.9 Å². The minimum Gasteiger partial charge on any atom is -0.452 e. The zero-order chi connectivity index (χ0) is 34.6. The highest BCUT2D eigenvalue weighted by Gasteiger charge is 2.18. The van der Waals surface area contributed by atoms with Gasteiger partial charge in [0.25, 0.3) is 0 Å². The summed E-state index contributed by atoms with van der Waals surface area (Å²) in [7, 11) is 0. The third-order valence-corrected chi connectivity index (χ3v) is 10.1. The van der Waals surface area contributed by atoms with Gasteiger partial charge in [0.05, 0.1) is 11.0 Å². The molecule has 0 radical (unpaired) electrons. The first-order chi connectivity index (χ1) is 25.7. The van der Waals surface area contributed by atoms with E-state index < -0.39 is 0 Å². The van der Waals surface area contributed by atoms with Crippen molar-refractivity contribution in [3.8, 4) is 27.9 Å². The summed E-state index contributed by atoms with van der Waals surface area (Å²) in [6.07, 6.45) is 0. The molecule has 0 fully saturated rings. The monoisotopic (exact) mass is 667 g/mol. The Hall–Kier alpha value is -6.84. The molecule has 3 heteroatoms. The summed E-state index contributed by atoms with van der Waals surface area (Å²) in [5.41, 5.74) is 12.9. The lowest BCUT2D eigenvalue weighted by Crippen LogP contribution is -1.93. The first kappa shape index (κ1) is 30.0. The van der Waals surface area contributed by atoms with E-state index in [1.165, 1.54) is 44.1 Å². The molecule has 0 aliphatic heterocycles. The van der Waals surface area contributed by atoms with E-state index >= 15 is 0 Å². The maximum absolute atomic E-state index is 6.42. The van der Waals surface area contributed by atoms with Crippen molar-refractivity contribution in [2.24, 2.45) is 0 Å². The summed E-state index contributed by atoms with van der Waals surface area (Å²) in [6, 6.07) is 64.1. The zero-order valence-corrected chi connectivity index (χ0v) is 28.6.